The number of carbonyl (C=O) groups excluding carboxylic acids is 3. The molecule has 29 heavy (non-hydrogen) atoms. The Morgan fingerprint density at radius 1 is 0.828 bits per heavy atom. The zero-order valence-corrected chi connectivity index (χ0v) is 18.7. The zero-order chi connectivity index (χ0) is 22.4. The first-order chi connectivity index (χ1) is 13.5. The van der Waals surface area contributed by atoms with Crippen molar-refractivity contribution in [1.82, 2.24) is 16.0 Å². The summed E-state index contributed by atoms with van der Waals surface area (Å²) in [7, 11) is 0. The monoisotopic (exact) mass is 415 g/mol. The van der Waals surface area contributed by atoms with E-state index in [2.05, 4.69) is 16.0 Å². The molecule has 0 aliphatic carbocycles. The van der Waals surface area contributed by atoms with E-state index < -0.39 is 29.7 Å². The molecule has 0 fully saturated rings. The van der Waals surface area contributed by atoms with Gasteiger partial charge in [-0.3, -0.25) is 9.59 Å². The maximum Gasteiger partial charge on any atom is 0.408 e. The molecule has 7 N–H and O–H groups in total. The average molecular weight is 416 g/mol. The first-order valence-electron chi connectivity index (χ1n) is 10.5. The highest BCUT2D eigenvalue weighted by atomic mass is 16.6. The molecule has 0 saturated heterocycles. The highest BCUT2D eigenvalue weighted by Gasteiger charge is 2.26. The van der Waals surface area contributed by atoms with Crippen LogP contribution in [-0.4, -0.2) is 54.7 Å². The maximum absolute atomic E-state index is 12.6. The largest absolute Gasteiger partial charge is 0.444 e. The number of unbranched alkanes of at least 4 members (excludes halogenated alkanes) is 2. The van der Waals surface area contributed by atoms with Crippen molar-refractivity contribution in [3.05, 3.63) is 0 Å². The van der Waals surface area contributed by atoms with Gasteiger partial charge in [-0.05, 0) is 79.8 Å². The fourth-order valence-corrected chi connectivity index (χ4v) is 2.63. The Hall–Kier alpha value is -1.87. The Bertz CT molecular complexity index is 508. The molecule has 0 radical (unpaired) electrons. The van der Waals surface area contributed by atoms with E-state index in [1.807, 2.05) is 6.92 Å². The van der Waals surface area contributed by atoms with Gasteiger partial charge in [0, 0.05) is 6.04 Å². The number of hydrogen-bond donors (Lipinski definition) is 5. The average Bonchev–Trinajstić information content (AvgIpc) is 2.59. The van der Waals surface area contributed by atoms with Gasteiger partial charge < -0.3 is 32.2 Å². The molecule has 0 aliphatic heterocycles. The van der Waals surface area contributed by atoms with Crippen LogP contribution in [-0.2, 0) is 14.3 Å². The normalized spacial score (nSPS) is 14.4. The van der Waals surface area contributed by atoms with Crippen molar-refractivity contribution >= 4 is 17.9 Å². The standard InChI is InChI=1S/C20H41N5O4/c1-14(10-6-8-12-21)23-17(26)15(2)24-18(27)16(11-7-9-13-22)25-19(28)29-20(3,4)5/h14-16H,6-13,21-22H2,1-5H3,(H,23,26)(H,24,27)(H,25,28). The van der Waals surface area contributed by atoms with Crippen molar-refractivity contribution in [3.63, 3.8) is 0 Å². The second kappa shape index (κ2) is 14.2. The molecule has 0 aromatic heterocycles. The third-order valence-corrected chi connectivity index (χ3v) is 4.19. The number of hydrogen-bond acceptors (Lipinski definition) is 6. The lowest BCUT2D eigenvalue weighted by molar-refractivity contribution is -0.130. The Balaban J connectivity index is 4.74. The van der Waals surface area contributed by atoms with Crippen molar-refractivity contribution in [2.24, 2.45) is 11.5 Å². The fraction of sp³-hybridized carbons (Fsp3) is 0.850. The van der Waals surface area contributed by atoms with Gasteiger partial charge in [-0.15, -0.1) is 0 Å². The molecule has 0 heterocycles. The molecule has 0 aliphatic rings. The molecule has 0 spiro atoms. The van der Waals surface area contributed by atoms with Crippen molar-refractivity contribution in [3.8, 4) is 0 Å². The number of alkyl carbamates (subject to hydrolysis) is 1. The summed E-state index contributed by atoms with van der Waals surface area (Å²) in [4.78, 5) is 37.0. The van der Waals surface area contributed by atoms with Crippen LogP contribution in [0.25, 0.3) is 0 Å². The topological polar surface area (TPSA) is 149 Å². The van der Waals surface area contributed by atoms with Crippen LogP contribution < -0.4 is 27.4 Å². The van der Waals surface area contributed by atoms with E-state index in [-0.39, 0.29) is 11.9 Å². The van der Waals surface area contributed by atoms with Gasteiger partial charge in [-0.1, -0.05) is 6.42 Å². The molecule has 9 nitrogen and oxygen atoms in total. The predicted octanol–water partition coefficient (Wildman–Crippen LogP) is 1.15. The molecule has 0 aromatic carbocycles. The van der Waals surface area contributed by atoms with Crippen molar-refractivity contribution in [2.45, 2.75) is 96.9 Å². The Kier molecular flexibility index (Phi) is 13.3. The quantitative estimate of drug-likeness (QED) is 0.285. The van der Waals surface area contributed by atoms with Gasteiger partial charge in [0.1, 0.15) is 17.7 Å². The van der Waals surface area contributed by atoms with Gasteiger partial charge >= 0.3 is 6.09 Å². The summed E-state index contributed by atoms with van der Waals surface area (Å²) in [6, 6.07) is -1.53. The summed E-state index contributed by atoms with van der Waals surface area (Å²) in [5.74, 6) is -0.692. The first-order valence-corrected chi connectivity index (χ1v) is 10.5. The van der Waals surface area contributed by atoms with Crippen LogP contribution >= 0.6 is 0 Å². The number of ether oxygens (including phenoxy) is 1. The van der Waals surface area contributed by atoms with Gasteiger partial charge in [0.15, 0.2) is 0 Å². The molecule has 3 amide bonds. The van der Waals surface area contributed by atoms with Crippen molar-refractivity contribution in [2.75, 3.05) is 13.1 Å². The minimum atomic E-state index is -0.798. The summed E-state index contributed by atoms with van der Waals surface area (Å²) in [5, 5.41) is 8.15. The summed E-state index contributed by atoms with van der Waals surface area (Å²) >= 11 is 0. The molecule has 170 valence electrons. The lowest BCUT2D eigenvalue weighted by Crippen LogP contribution is -2.54. The Labute approximate surface area is 175 Å². The fourth-order valence-electron chi connectivity index (χ4n) is 2.63. The van der Waals surface area contributed by atoms with Crippen LogP contribution in [0.4, 0.5) is 4.79 Å². The molecule has 0 rings (SSSR count). The van der Waals surface area contributed by atoms with Crippen LogP contribution in [0.1, 0.15) is 73.1 Å². The maximum atomic E-state index is 12.6. The molecule has 0 aromatic rings. The molecular weight excluding hydrogens is 374 g/mol. The highest BCUT2D eigenvalue weighted by molar-refractivity contribution is 5.91. The number of amides is 3. The summed E-state index contributed by atoms with van der Waals surface area (Å²) in [5.41, 5.74) is 10.3. The number of rotatable bonds is 13. The SMILES string of the molecule is CC(CCCCN)NC(=O)C(C)NC(=O)C(CCCCN)NC(=O)OC(C)(C)C. The summed E-state index contributed by atoms with van der Waals surface area (Å²) in [6.07, 6.45) is 3.81. The lowest BCUT2D eigenvalue weighted by atomic mass is 10.1. The van der Waals surface area contributed by atoms with Crippen LogP contribution in [0.5, 0.6) is 0 Å². The minimum Gasteiger partial charge on any atom is -0.444 e. The van der Waals surface area contributed by atoms with Crippen molar-refractivity contribution in [1.29, 1.82) is 0 Å². The van der Waals surface area contributed by atoms with Crippen LogP contribution in [0, 0.1) is 0 Å². The summed E-state index contributed by atoms with van der Waals surface area (Å²) < 4.78 is 5.23. The van der Waals surface area contributed by atoms with Gasteiger partial charge in [-0.2, -0.15) is 0 Å². The third-order valence-electron chi connectivity index (χ3n) is 4.19. The molecule has 0 saturated carbocycles. The molecule has 9 heteroatoms. The number of nitrogens with two attached hydrogens (primary N) is 2. The second-order valence-corrected chi connectivity index (χ2v) is 8.41. The van der Waals surface area contributed by atoms with E-state index in [4.69, 9.17) is 16.2 Å². The second-order valence-electron chi connectivity index (χ2n) is 8.41. The van der Waals surface area contributed by atoms with Crippen LogP contribution in [0.3, 0.4) is 0 Å². The van der Waals surface area contributed by atoms with Crippen molar-refractivity contribution < 1.29 is 19.1 Å². The van der Waals surface area contributed by atoms with Gasteiger partial charge in [0.05, 0.1) is 0 Å². The Morgan fingerprint density at radius 3 is 1.90 bits per heavy atom. The van der Waals surface area contributed by atoms with E-state index in [1.165, 1.54) is 0 Å². The van der Waals surface area contributed by atoms with E-state index >= 15 is 0 Å². The Morgan fingerprint density at radius 2 is 1.38 bits per heavy atom. The van der Waals surface area contributed by atoms with Gasteiger partial charge in [-0.25, -0.2) is 4.79 Å². The zero-order valence-electron chi connectivity index (χ0n) is 18.7. The number of carbonyl (C=O) groups is 3. The van der Waals surface area contributed by atoms with Gasteiger partial charge in [0.2, 0.25) is 11.8 Å². The first kappa shape index (κ1) is 27.1. The highest BCUT2D eigenvalue weighted by Crippen LogP contribution is 2.08. The van der Waals surface area contributed by atoms with Crippen LogP contribution in [0.15, 0.2) is 0 Å². The third kappa shape index (κ3) is 13.9. The van der Waals surface area contributed by atoms with Crippen LogP contribution in [0.2, 0.25) is 0 Å². The lowest BCUT2D eigenvalue weighted by Gasteiger charge is -2.25. The van der Waals surface area contributed by atoms with Gasteiger partial charge in [0.25, 0.3) is 0 Å². The summed E-state index contributed by atoms with van der Waals surface area (Å²) in [6.45, 7) is 9.91. The van der Waals surface area contributed by atoms with E-state index in [0.717, 1.165) is 25.7 Å². The molecule has 0 bridgehead atoms. The van der Waals surface area contributed by atoms with E-state index in [0.29, 0.717) is 25.9 Å². The number of nitrogens with one attached hydrogen (secondary N) is 3. The molecule has 3 unspecified atom stereocenters. The smallest absolute Gasteiger partial charge is 0.408 e. The van der Waals surface area contributed by atoms with E-state index in [1.54, 1.807) is 27.7 Å². The molecule has 3 atom stereocenters. The minimum absolute atomic E-state index is 0.00589. The van der Waals surface area contributed by atoms with E-state index in [9.17, 15) is 14.4 Å². The molecular formula is C20H41N5O4. The predicted molar refractivity (Wildman–Crippen MR) is 114 cm³/mol.